The number of aromatic nitrogens is 2. The molecule has 1 aliphatic rings. The number of nitrogens with one attached hydrogen (secondary N) is 1. The Balaban J connectivity index is 1.69. The van der Waals surface area contributed by atoms with Crippen LogP contribution in [0.15, 0.2) is 58.5 Å². The van der Waals surface area contributed by atoms with E-state index in [1.165, 1.54) is 24.6 Å². The van der Waals surface area contributed by atoms with Crippen molar-refractivity contribution in [3.05, 3.63) is 58.9 Å². The van der Waals surface area contributed by atoms with Crippen LogP contribution in [0.2, 0.25) is 0 Å². The molecule has 3 aromatic rings. The van der Waals surface area contributed by atoms with Gasteiger partial charge in [-0.05, 0) is 37.1 Å². The molecule has 0 spiro atoms. The molecule has 0 radical (unpaired) electrons. The molecule has 1 aromatic heterocycles. The number of nitrogens with zero attached hydrogens (tertiary/aromatic N) is 2. The Bertz CT molecular complexity index is 1090. The number of hydrogen-bond donors (Lipinski definition) is 1. The maximum absolute atomic E-state index is 13.2. The summed E-state index contributed by atoms with van der Waals surface area (Å²) < 4.78 is 6.86. The number of carbonyl (C=O) groups excluding carboxylic acids is 1. The number of thioether (sulfide) groups is 1. The number of benzene rings is 2. The van der Waals surface area contributed by atoms with Crippen molar-refractivity contribution in [3.63, 3.8) is 0 Å². The molecular formula is C22H23N3O3S. The lowest BCUT2D eigenvalue weighted by Crippen LogP contribution is -2.34. The third kappa shape index (κ3) is 4.29. The topological polar surface area (TPSA) is 73.2 Å². The number of amides is 1. The fraction of sp³-hybridized carbons (Fsp3) is 0.318. The molecule has 0 aliphatic heterocycles. The van der Waals surface area contributed by atoms with Crippen LogP contribution in [0, 0.1) is 0 Å². The largest absolute Gasteiger partial charge is 0.497 e. The molecule has 29 heavy (non-hydrogen) atoms. The van der Waals surface area contributed by atoms with Crippen LogP contribution in [0.4, 0.5) is 0 Å². The number of fused-ring (bicyclic) bond motifs is 1. The highest BCUT2D eigenvalue weighted by Gasteiger charge is 2.19. The van der Waals surface area contributed by atoms with Crippen LogP contribution in [-0.4, -0.2) is 34.4 Å². The van der Waals surface area contributed by atoms with E-state index in [9.17, 15) is 9.59 Å². The molecule has 150 valence electrons. The zero-order chi connectivity index (χ0) is 20.2. The van der Waals surface area contributed by atoms with E-state index in [2.05, 4.69) is 10.3 Å². The van der Waals surface area contributed by atoms with Gasteiger partial charge in [0.1, 0.15) is 5.75 Å². The first kappa shape index (κ1) is 19.5. The van der Waals surface area contributed by atoms with Crippen molar-refractivity contribution in [2.24, 2.45) is 0 Å². The van der Waals surface area contributed by atoms with Gasteiger partial charge in [-0.1, -0.05) is 42.8 Å². The molecule has 1 aliphatic carbocycles. The molecule has 0 unspecified atom stereocenters. The fourth-order valence-electron chi connectivity index (χ4n) is 3.66. The quantitative estimate of drug-likeness (QED) is 0.498. The molecule has 1 saturated carbocycles. The summed E-state index contributed by atoms with van der Waals surface area (Å²) in [7, 11) is 1.59. The van der Waals surface area contributed by atoms with Crippen molar-refractivity contribution in [2.75, 3.05) is 12.9 Å². The van der Waals surface area contributed by atoms with Crippen LogP contribution >= 0.6 is 11.8 Å². The lowest BCUT2D eigenvalue weighted by atomic mass is 10.2. The second-order valence-corrected chi connectivity index (χ2v) is 8.03. The van der Waals surface area contributed by atoms with Gasteiger partial charge >= 0.3 is 0 Å². The number of ether oxygens (including phenoxy) is 1. The highest BCUT2D eigenvalue weighted by atomic mass is 32.2. The van der Waals surface area contributed by atoms with Crippen LogP contribution in [-0.2, 0) is 4.79 Å². The second-order valence-electron chi connectivity index (χ2n) is 7.09. The summed E-state index contributed by atoms with van der Waals surface area (Å²) in [5.41, 5.74) is 1.12. The van der Waals surface area contributed by atoms with Crippen molar-refractivity contribution in [2.45, 2.75) is 36.9 Å². The number of rotatable bonds is 6. The Kier molecular flexibility index (Phi) is 5.85. The molecule has 6 nitrogen and oxygen atoms in total. The zero-order valence-corrected chi connectivity index (χ0v) is 17.1. The van der Waals surface area contributed by atoms with E-state index < -0.39 is 0 Å². The summed E-state index contributed by atoms with van der Waals surface area (Å²) in [6.07, 6.45) is 4.41. The number of carbonyl (C=O) groups is 1. The van der Waals surface area contributed by atoms with Crippen LogP contribution in [0.25, 0.3) is 16.6 Å². The average molecular weight is 410 g/mol. The van der Waals surface area contributed by atoms with Crippen LogP contribution in [0.1, 0.15) is 25.7 Å². The summed E-state index contributed by atoms with van der Waals surface area (Å²) in [4.78, 5) is 30.3. The van der Waals surface area contributed by atoms with Crippen LogP contribution < -0.4 is 15.6 Å². The summed E-state index contributed by atoms with van der Waals surface area (Å²) in [5, 5.41) is 4.11. The third-order valence-electron chi connectivity index (χ3n) is 5.11. The minimum absolute atomic E-state index is 0.0264. The van der Waals surface area contributed by atoms with Gasteiger partial charge in [0, 0.05) is 12.1 Å². The molecule has 1 heterocycles. The minimum Gasteiger partial charge on any atom is -0.497 e. The van der Waals surface area contributed by atoms with Crippen molar-refractivity contribution in [3.8, 4) is 11.4 Å². The summed E-state index contributed by atoms with van der Waals surface area (Å²) in [5.74, 6) is 0.838. The lowest BCUT2D eigenvalue weighted by Gasteiger charge is -2.15. The van der Waals surface area contributed by atoms with Gasteiger partial charge in [0.05, 0.1) is 29.5 Å². The first-order valence-electron chi connectivity index (χ1n) is 9.74. The molecule has 0 atom stereocenters. The van der Waals surface area contributed by atoms with Gasteiger partial charge in [-0.15, -0.1) is 0 Å². The van der Waals surface area contributed by atoms with Gasteiger partial charge in [-0.3, -0.25) is 14.2 Å². The van der Waals surface area contributed by atoms with Gasteiger partial charge < -0.3 is 10.1 Å². The van der Waals surface area contributed by atoms with Gasteiger partial charge in [-0.25, -0.2) is 4.98 Å². The van der Waals surface area contributed by atoms with Crippen molar-refractivity contribution < 1.29 is 9.53 Å². The van der Waals surface area contributed by atoms with Gasteiger partial charge in [0.15, 0.2) is 5.16 Å². The predicted molar refractivity (Wildman–Crippen MR) is 115 cm³/mol. The average Bonchev–Trinajstić information content (AvgIpc) is 3.25. The number of methoxy groups -OCH3 is 1. The fourth-order valence-corrected chi connectivity index (χ4v) is 4.48. The highest BCUT2D eigenvalue weighted by Crippen LogP contribution is 2.24. The monoisotopic (exact) mass is 409 g/mol. The Hall–Kier alpha value is -2.80. The van der Waals surface area contributed by atoms with E-state index in [4.69, 9.17) is 4.74 Å². The highest BCUT2D eigenvalue weighted by molar-refractivity contribution is 7.99. The first-order valence-corrected chi connectivity index (χ1v) is 10.7. The number of para-hydroxylation sites is 1. The van der Waals surface area contributed by atoms with Crippen molar-refractivity contribution >= 4 is 28.6 Å². The maximum Gasteiger partial charge on any atom is 0.266 e. The lowest BCUT2D eigenvalue weighted by molar-refractivity contribution is -0.119. The minimum atomic E-state index is -0.164. The summed E-state index contributed by atoms with van der Waals surface area (Å²) in [6.45, 7) is 0. The Morgan fingerprint density at radius 1 is 1.21 bits per heavy atom. The van der Waals surface area contributed by atoms with E-state index in [1.807, 2.05) is 36.4 Å². The van der Waals surface area contributed by atoms with Crippen molar-refractivity contribution in [1.82, 2.24) is 14.9 Å². The summed E-state index contributed by atoms with van der Waals surface area (Å²) in [6, 6.07) is 14.8. The second kappa shape index (κ2) is 8.69. The molecular weight excluding hydrogens is 386 g/mol. The van der Waals surface area contributed by atoms with Gasteiger partial charge in [-0.2, -0.15) is 0 Å². The predicted octanol–water partition coefficient (Wildman–Crippen LogP) is 3.55. The molecule has 7 heteroatoms. The van der Waals surface area contributed by atoms with E-state index >= 15 is 0 Å². The van der Waals surface area contributed by atoms with Crippen molar-refractivity contribution in [1.29, 1.82) is 0 Å². The Labute approximate surface area is 173 Å². The molecule has 1 fully saturated rings. The molecule has 4 rings (SSSR count). The van der Waals surface area contributed by atoms with E-state index in [0.717, 1.165) is 12.8 Å². The molecule has 1 N–H and O–H groups in total. The smallest absolute Gasteiger partial charge is 0.266 e. The maximum atomic E-state index is 13.2. The van der Waals surface area contributed by atoms with Gasteiger partial charge in [0.2, 0.25) is 5.91 Å². The Morgan fingerprint density at radius 3 is 2.79 bits per heavy atom. The van der Waals surface area contributed by atoms with E-state index in [-0.39, 0.29) is 23.3 Å². The molecule has 1 amide bonds. The SMILES string of the molecule is COc1cccc(-n2c(SCC(=O)NC3CCCC3)nc3ccccc3c2=O)c1. The summed E-state index contributed by atoms with van der Waals surface area (Å²) >= 11 is 1.27. The first-order chi connectivity index (χ1) is 14.2. The normalized spacial score (nSPS) is 14.2. The van der Waals surface area contributed by atoms with E-state index in [0.29, 0.717) is 27.5 Å². The zero-order valence-electron chi connectivity index (χ0n) is 16.3. The number of hydrogen-bond acceptors (Lipinski definition) is 5. The van der Waals surface area contributed by atoms with Crippen LogP contribution in [0.3, 0.4) is 0 Å². The third-order valence-corrected chi connectivity index (χ3v) is 6.05. The molecule has 0 saturated heterocycles. The Morgan fingerprint density at radius 2 is 2.00 bits per heavy atom. The molecule has 0 bridgehead atoms. The van der Waals surface area contributed by atoms with Gasteiger partial charge in [0.25, 0.3) is 5.56 Å². The van der Waals surface area contributed by atoms with E-state index in [1.54, 1.807) is 23.8 Å². The molecule has 2 aromatic carbocycles. The van der Waals surface area contributed by atoms with Crippen LogP contribution in [0.5, 0.6) is 5.75 Å². The standard InChI is InChI=1S/C22H23N3O3S/c1-28-17-10-6-9-16(13-17)25-21(27)18-11-4-5-12-19(18)24-22(25)29-14-20(26)23-15-7-2-3-8-15/h4-6,9-13,15H,2-3,7-8,14H2,1H3,(H,23,26).